The molecule has 2 unspecified atom stereocenters. The zero-order chi connectivity index (χ0) is 13.9. The Labute approximate surface area is 117 Å². The third-order valence-corrected chi connectivity index (χ3v) is 3.74. The topological polar surface area (TPSA) is 29.5 Å². The van der Waals surface area contributed by atoms with Gasteiger partial charge >= 0.3 is 0 Å². The summed E-state index contributed by atoms with van der Waals surface area (Å²) < 4.78 is 19.0. The van der Waals surface area contributed by atoms with Crippen molar-refractivity contribution >= 4 is 0 Å². The maximum absolute atomic E-state index is 13.2. The van der Waals surface area contributed by atoms with Gasteiger partial charge in [0.1, 0.15) is 23.8 Å². The standard InChI is InChI=1S/C17H17FO2/c18-13-7-4-8-14(11-13)20-16-10-3-6-12-5-1-2-9-15(12)17(16)19/h1-2,4-5,7-9,11,16-17,19H,3,6,10H2. The Morgan fingerprint density at radius 1 is 1.10 bits per heavy atom. The molecule has 0 saturated heterocycles. The first-order chi connectivity index (χ1) is 9.74. The van der Waals surface area contributed by atoms with Gasteiger partial charge in [-0.3, -0.25) is 0 Å². The predicted molar refractivity (Wildman–Crippen MR) is 75.2 cm³/mol. The van der Waals surface area contributed by atoms with Crippen LogP contribution in [-0.2, 0) is 6.42 Å². The van der Waals surface area contributed by atoms with Crippen molar-refractivity contribution in [3.63, 3.8) is 0 Å². The zero-order valence-corrected chi connectivity index (χ0v) is 11.1. The van der Waals surface area contributed by atoms with E-state index in [1.54, 1.807) is 12.1 Å². The van der Waals surface area contributed by atoms with E-state index in [0.717, 1.165) is 24.8 Å². The molecule has 2 nitrogen and oxygen atoms in total. The van der Waals surface area contributed by atoms with Crippen molar-refractivity contribution in [2.24, 2.45) is 0 Å². The Kier molecular flexibility index (Phi) is 3.70. The smallest absolute Gasteiger partial charge is 0.129 e. The first-order valence-electron chi connectivity index (χ1n) is 6.92. The highest BCUT2D eigenvalue weighted by atomic mass is 19.1. The Morgan fingerprint density at radius 2 is 1.95 bits per heavy atom. The second-order valence-corrected chi connectivity index (χ2v) is 5.15. The molecule has 0 fully saturated rings. The van der Waals surface area contributed by atoms with Gasteiger partial charge in [-0.05, 0) is 42.5 Å². The minimum Gasteiger partial charge on any atom is -0.487 e. The maximum Gasteiger partial charge on any atom is 0.129 e. The van der Waals surface area contributed by atoms with Crippen LogP contribution in [0.3, 0.4) is 0 Å². The van der Waals surface area contributed by atoms with Gasteiger partial charge in [-0.2, -0.15) is 0 Å². The van der Waals surface area contributed by atoms with Gasteiger partial charge in [0.05, 0.1) is 0 Å². The van der Waals surface area contributed by atoms with Gasteiger partial charge in [0.2, 0.25) is 0 Å². The first-order valence-corrected chi connectivity index (χ1v) is 6.92. The van der Waals surface area contributed by atoms with Gasteiger partial charge in [0.15, 0.2) is 0 Å². The fraction of sp³-hybridized carbons (Fsp3) is 0.294. The Bertz CT molecular complexity index is 597. The Morgan fingerprint density at radius 3 is 2.80 bits per heavy atom. The van der Waals surface area contributed by atoms with Gasteiger partial charge in [-0.1, -0.05) is 30.3 Å². The number of hydrogen-bond acceptors (Lipinski definition) is 2. The molecule has 2 atom stereocenters. The summed E-state index contributed by atoms with van der Waals surface area (Å²) in [6.07, 6.45) is 1.65. The number of fused-ring (bicyclic) bond motifs is 1. The molecule has 2 aromatic carbocycles. The summed E-state index contributed by atoms with van der Waals surface area (Å²) in [6, 6.07) is 14.0. The molecule has 0 spiro atoms. The maximum atomic E-state index is 13.2. The summed E-state index contributed by atoms with van der Waals surface area (Å²) in [5, 5.41) is 10.5. The van der Waals surface area contributed by atoms with Crippen molar-refractivity contribution in [1.82, 2.24) is 0 Å². The summed E-state index contributed by atoms with van der Waals surface area (Å²) >= 11 is 0. The summed E-state index contributed by atoms with van der Waals surface area (Å²) in [5.41, 5.74) is 2.09. The van der Waals surface area contributed by atoms with Gasteiger partial charge < -0.3 is 9.84 Å². The van der Waals surface area contributed by atoms with Crippen LogP contribution < -0.4 is 4.74 Å². The number of ether oxygens (including phenoxy) is 1. The molecule has 0 radical (unpaired) electrons. The van der Waals surface area contributed by atoms with Crippen molar-refractivity contribution in [1.29, 1.82) is 0 Å². The molecule has 0 bridgehead atoms. The van der Waals surface area contributed by atoms with Crippen molar-refractivity contribution in [2.75, 3.05) is 0 Å². The third kappa shape index (κ3) is 2.68. The highest BCUT2D eigenvalue weighted by Gasteiger charge is 2.27. The van der Waals surface area contributed by atoms with E-state index in [0.29, 0.717) is 5.75 Å². The van der Waals surface area contributed by atoms with E-state index >= 15 is 0 Å². The summed E-state index contributed by atoms with van der Waals surface area (Å²) in [5.74, 6) is 0.138. The predicted octanol–water partition coefficient (Wildman–Crippen LogP) is 3.64. The molecular weight excluding hydrogens is 255 g/mol. The summed E-state index contributed by atoms with van der Waals surface area (Å²) in [4.78, 5) is 0. The van der Waals surface area contributed by atoms with Gasteiger partial charge in [-0.15, -0.1) is 0 Å². The molecule has 0 aromatic heterocycles. The molecule has 0 heterocycles. The Balaban J connectivity index is 1.84. The van der Waals surface area contributed by atoms with E-state index in [9.17, 15) is 9.50 Å². The average molecular weight is 272 g/mol. The van der Waals surface area contributed by atoms with E-state index in [2.05, 4.69) is 0 Å². The molecule has 3 rings (SSSR count). The van der Waals surface area contributed by atoms with E-state index < -0.39 is 6.10 Å². The van der Waals surface area contributed by atoms with Crippen molar-refractivity contribution in [3.05, 3.63) is 65.5 Å². The number of aryl methyl sites for hydroxylation is 1. The number of aliphatic hydroxyl groups is 1. The first kappa shape index (κ1) is 13.1. The fourth-order valence-corrected chi connectivity index (χ4v) is 2.74. The van der Waals surface area contributed by atoms with E-state index in [-0.39, 0.29) is 11.9 Å². The molecule has 2 aromatic rings. The zero-order valence-electron chi connectivity index (χ0n) is 11.1. The number of halogens is 1. The van der Waals surface area contributed by atoms with Gasteiger partial charge in [-0.25, -0.2) is 4.39 Å². The highest BCUT2D eigenvalue weighted by Crippen LogP contribution is 2.31. The van der Waals surface area contributed by atoms with Crippen LogP contribution in [0.2, 0.25) is 0 Å². The quantitative estimate of drug-likeness (QED) is 0.846. The SMILES string of the molecule is OC1c2ccccc2CCCC1Oc1cccc(F)c1. The van der Waals surface area contributed by atoms with Gasteiger partial charge in [0.25, 0.3) is 0 Å². The van der Waals surface area contributed by atoms with Crippen LogP contribution in [0.5, 0.6) is 5.75 Å². The van der Waals surface area contributed by atoms with Crippen LogP contribution in [0.4, 0.5) is 4.39 Å². The van der Waals surface area contributed by atoms with Crippen molar-refractivity contribution < 1.29 is 14.2 Å². The molecule has 1 N–H and O–H groups in total. The largest absolute Gasteiger partial charge is 0.487 e. The highest BCUT2D eigenvalue weighted by molar-refractivity contribution is 5.31. The lowest BCUT2D eigenvalue weighted by atomic mass is 10.0. The van der Waals surface area contributed by atoms with Crippen molar-refractivity contribution in [2.45, 2.75) is 31.5 Å². The lowest BCUT2D eigenvalue weighted by molar-refractivity contribution is 0.0319. The van der Waals surface area contributed by atoms with Crippen LogP contribution in [0.1, 0.15) is 30.1 Å². The van der Waals surface area contributed by atoms with Crippen LogP contribution >= 0.6 is 0 Å². The number of hydrogen-bond donors (Lipinski definition) is 1. The molecule has 104 valence electrons. The molecule has 0 amide bonds. The minimum atomic E-state index is -0.669. The molecule has 0 saturated carbocycles. The molecule has 1 aliphatic carbocycles. The van der Waals surface area contributed by atoms with Crippen LogP contribution in [-0.4, -0.2) is 11.2 Å². The number of aliphatic hydroxyl groups excluding tert-OH is 1. The molecule has 1 aliphatic rings. The number of benzene rings is 2. The van der Waals surface area contributed by atoms with Crippen LogP contribution in [0, 0.1) is 5.82 Å². The third-order valence-electron chi connectivity index (χ3n) is 3.74. The molecular formula is C17H17FO2. The average Bonchev–Trinajstić information content (AvgIpc) is 2.60. The monoisotopic (exact) mass is 272 g/mol. The molecule has 3 heteroatoms. The van der Waals surface area contributed by atoms with Crippen molar-refractivity contribution in [3.8, 4) is 5.75 Å². The van der Waals surface area contributed by atoms with Gasteiger partial charge in [0, 0.05) is 6.07 Å². The molecule has 20 heavy (non-hydrogen) atoms. The van der Waals surface area contributed by atoms with Crippen LogP contribution in [0.25, 0.3) is 0 Å². The second-order valence-electron chi connectivity index (χ2n) is 5.15. The molecule has 0 aliphatic heterocycles. The Hall–Kier alpha value is -1.87. The normalized spacial score (nSPS) is 21.9. The van der Waals surface area contributed by atoms with E-state index in [1.165, 1.54) is 17.7 Å². The van der Waals surface area contributed by atoms with Crippen LogP contribution in [0.15, 0.2) is 48.5 Å². The summed E-state index contributed by atoms with van der Waals surface area (Å²) in [7, 11) is 0. The number of rotatable bonds is 2. The lowest BCUT2D eigenvalue weighted by Crippen LogP contribution is -2.24. The second kappa shape index (κ2) is 5.63. The lowest BCUT2D eigenvalue weighted by Gasteiger charge is -2.23. The van der Waals surface area contributed by atoms with E-state index in [1.807, 2.05) is 24.3 Å². The summed E-state index contributed by atoms with van der Waals surface area (Å²) in [6.45, 7) is 0. The fourth-order valence-electron chi connectivity index (χ4n) is 2.74. The minimum absolute atomic E-state index is 0.328. The van der Waals surface area contributed by atoms with E-state index in [4.69, 9.17) is 4.74 Å².